The van der Waals surface area contributed by atoms with Crippen LogP contribution in [0.4, 0.5) is 11.6 Å². The number of likely N-dealkylation sites (N-methyl/N-ethyl adjacent to an activating group) is 2. The van der Waals surface area contributed by atoms with Gasteiger partial charge in [-0.15, -0.1) is 0 Å². The molecule has 12 rings (SSSR count). The van der Waals surface area contributed by atoms with Crippen LogP contribution in [-0.4, -0.2) is 147 Å². The standard InChI is InChI=1S/C29H35N7O2.C27H34N6O.C3H3ClO.2CH4/c1-3-27(37)36-14-13-34(16-22(36)15-30)28-24-17-35(26-11-10-20-7-4-5-9-23(20)26)18-25(24)31-29(32-28)38-19-21-8-6-12-33(21)2;1-31-12-5-8-21(31)18-34-27-29-24-17-33(25-11-10-20-7-2-3-9-22(20)25)16-23(24)26(30-27)32-13-4-6-19(14-28)15-32;1-2-3(4)5;;/h3-5,7,9,21-22,26H,1,6,8,10-14,16-19H2,2H3;2-3,7,9,19,21,25H,4-6,8,10-13,15-18H2,1H3;2H,1H2;2*1H4/t21-,22-,26?;19-,21-,25?;;;/m00.../s1. The lowest BCUT2D eigenvalue weighted by Gasteiger charge is -2.39. The van der Waals surface area contributed by atoms with Crippen molar-refractivity contribution in [2.45, 2.75) is 135 Å². The van der Waals surface area contributed by atoms with Gasteiger partial charge in [-0.1, -0.05) is 76.5 Å². The minimum atomic E-state index is -0.560. The molecule has 0 N–H and O–H groups in total. The SMILES string of the molecule is C.C.C=CC(=O)Cl.C=CC(=O)N1CCN(c2nc(OC[C@@H]3CCCN3C)nc3c2CN(C2CCc4ccccc42)C3)C[C@@H]1C#N.CN1CCC[C@H]1COc1nc2c(c(N3CCC[C@@H](C#N)C3)n1)CN(C1CCc3ccccc31)C2. The van der Waals surface area contributed by atoms with Gasteiger partial charge >= 0.3 is 12.0 Å². The van der Waals surface area contributed by atoms with Crippen LogP contribution in [0.1, 0.15) is 123 Å². The Balaban J connectivity index is 0.000000188. The quantitative estimate of drug-likeness (QED) is 0.0974. The number of fused-ring (bicyclic) bond motifs is 4. The van der Waals surface area contributed by atoms with Crippen LogP contribution in [-0.2, 0) is 48.6 Å². The van der Waals surface area contributed by atoms with Crippen molar-refractivity contribution in [3.63, 3.8) is 0 Å². The number of benzene rings is 2. The van der Waals surface area contributed by atoms with E-state index >= 15 is 0 Å². The molecule has 6 aliphatic heterocycles. The maximum Gasteiger partial charge on any atom is 0.318 e. The molecule has 8 aliphatic rings. The number of likely N-dealkylation sites (tertiary alicyclic amines) is 2. The molecule has 0 saturated carbocycles. The van der Waals surface area contributed by atoms with Crippen LogP contribution in [0.15, 0.2) is 73.8 Å². The maximum atomic E-state index is 12.3. The minimum absolute atomic E-state index is 0. The van der Waals surface area contributed by atoms with Crippen LogP contribution < -0.4 is 19.3 Å². The summed E-state index contributed by atoms with van der Waals surface area (Å²) in [5.74, 6) is 1.69. The average Bonchev–Trinajstić information content (AvgIpc) is 4.38. The molecular weight excluding hydrogens is 1010 g/mol. The molecule has 4 fully saturated rings. The Morgan fingerprint density at radius 1 is 0.646 bits per heavy atom. The number of rotatable bonds is 12. The number of piperidine rings is 1. The van der Waals surface area contributed by atoms with Gasteiger partial charge in [0.05, 0.1) is 36.0 Å². The van der Waals surface area contributed by atoms with E-state index in [2.05, 4.69) is 117 Å². The summed E-state index contributed by atoms with van der Waals surface area (Å²) in [4.78, 5) is 57.3. The van der Waals surface area contributed by atoms with E-state index in [4.69, 9.17) is 41.0 Å². The van der Waals surface area contributed by atoms with Gasteiger partial charge in [0.25, 0.3) is 0 Å². The second-order valence-corrected chi connectivity index (χ2v) is 22.1. The Morgan fingerprint density at radius 2 is 1.14 bits per heavy atom. The van der Waals surface area contributed by atoms with Crippen molar-refractivity contribution in [2.24, 2.45) is 5.92 Å². The van der Waals surface area contributed by atoms with E-state index < -0.39 is 11.3 Å². The molecule has 8 heterocycles. The fourth-order valence-electron chi connectivity index (χ4n) is 12.9. The van der Waals surface area contributed by atoms with E-state index in [9.17, 15) is 20.1 Å². The number of aryl methyl sites for hydroxylation is 2. The number of carbonyl (C=O) groups excluding carboxylic acids is 2. The van der Waals surface area contributed by atoms with Crippen LogP contribution >= 0.6 is 11.6 Å². The summed E-state index contributed by atoms with van der Waals surface area (Å²) in [7, 11) is 4.31. The zero-order chi connectivity index (χ0) is 53.6. The number of carbonyl (C=O) groups is 2. The first-order valence-corrected chi connectivity index (χ1v) is 28.0. The highest BCUT2D eigenvalue weighted by molar-refractivity contribution is 6.66. The largest absolute Gasteiger partial charge is 0.462 e. The molecule has 17 nitrogen and oxygen atoms in total. The van der Waals surface area contributed by atoms with Gasteiger partial charge in [0.2, 0.25) is 11.1 Å². The van der Waals surface area contributed by atoms with Crippen LogP contribution in [0.2, 0.25) is 0 Å². The second kappa shape index (κ2) is 26.7. The normalized spacial score (nSPS) is 24.1. The summed E-state index contributed by atoms with van der Waals surface area (Å²) < 4.78 is 12.4. The molecule has 2 aromatic carbocycles. The van der Waals surface area contributed by atoms with Gasteiger partial charge in [0.1, 0.15) is 30.9 Å². The molecular formula is C61H80ClN13O4. The summed E-state index contributed by atoms with van der Waals surface area (Å²) >= 11 is 4.71. The summed E-state index contributed by atoms with van der Waals surface area (Å²) in [6.45, 7) is 16.4. The van der Waals surface area contributed by atoms with Crippen LogP contribution in [0.3, 0.4) is 0 Å². The predicted octanol–water partition coefficient (Wildman–Crippen LogP) is 8.58. The first-order chi connectivity index (χ1) is 37.5. The summed E-state index contributed by atoms with van der Waals surface area (Å²) in [5.41, 5.74) is 10.2. The van der Waals surface area contributed by atoms with E-state index in [0.29, 0.717) is 69.0 Å². The third-order valence-electron chi connectivity index (χ3n) is 17.1. The number of amides is 1. The smallest absolute Gasteiger partial charge is 0.318 e. The molecule has 18 heteroatoms. The van der Waals surface area contributed by atoms with Crippen LogP contribution in [0.5, 0.6) is 12.0 Å². The molecule has 1 amide bonds. The number of aromatic nitrogens is 4. The van der Waals surface area contributed by atoms with E-state index in [1.807, 2.05) is 0 Å². The minimum Gasteiger partial charge on any atom is -0.462 e. The molecule has 6 atom stereocenters. The Bertz CT molecular complexity index is 2910. The van der Waals surface area contributed by atoms with Crippen molar-refractivity contribution in [3.05, 3.63) is 119 Å². The predicted molar refractivity (Wildman–Crippen MR) is 308 cm³/mol. The molecule has 0 radical (unpaired) electrons. The number of allylic oxidation sites excluding steroid dienone is 1. The summed E-state index contributed by atoms with van der Waals surface area (Å²) in [6.07, 6.45) is 13.5. The number of hydrogen-bond acceptors (Lipinski definition) is 16. The fourth-order valence-corrected chi connectivity index (χ4v) is 12.9. The van der Waals surface area contributed by atoms with Crippen LogP contribution in [0, 0.1) is 28.6 Å². The highest BCUT2D eigenvalue weighted by Gasteiger charge is 2.39. The van der Waals surface area contributed by atoms with Gasteiger partial charge < -0.3 is 34.0 Å². The zero-order valence-electron chi connectivity index (χ0n) is 44.7. The Labute approximate surface area is 473 Å². The first-order valence-electron chi connectivity index (χ1n) is 27.7. The number of halogens is 1. The van der Waals surface area contributed by atoms with Crippen molar-refractivity contribution in [3.8, 4) is 24.2 Å². The highest BCUT2D eigenvalue weighted by atomic mass is 35.5. The first kappa shape index (κ1) is 58.7. The number of anilines is 2. The van der Waals surface area contributed by atoms with Gasteiger partial charge in [-0.25, -0.2) is 0 Å². The van der Waals surface area contributed by atoms with Crippen LogP contribution in [0.25, 0.3) is 0 Å². The fraction of sp³-hybridized carbons (Fsp3) is 0.541. The van der Waals surface area contributed by atoms with E-state index in [0.717, 1.165) is 132 Å². The zero-order valence-corrected chi connectivity index (χ0v) is 45.5. The second-order valence-electron chi connectivity index (χ2n) is 21.8. The molecule has 0 bridgehead atoms. The lowest BCUT2D eigenvalue weighted by molar-refractivity contribution is -0.127. The topological polar surface area (TPSA) is 174 Å². The Kier molecular flexibility index (Phi) is 19.8. The van der Waals surface area contributed by atoms with Crippen molar-refractivity contribution >= 4 is 34.4 Å². The molecule has 4 aromatic rings. The van der Waals surface area contributed by atoms with Gasteiger partial charge in [-0.3, -0.25) is 19.4 Å². The van der Waals surface area contributed by atoms with Crippen molar-refractivity contribution < 1.29 is 19.1 Å². The number of ether oxygens (including phenoxy) is 2. The molecule has 4 saturated heterocycles. The molecule has 2 aromatic heterocycles. The van der Waals surface area contributed by atoms with E-state index in [1.165, 1.54) is 53.2 Å². The third kappa shape index (κ3) is 13.1. The van der Waals surface area contributed by atoms with Crippen molar-refractivity contribution in [1.29, 1.82) is 10.5 Å². The van der Waals surface area contributed by atoms with Crippen molar-refractivity contribution in [1.82, 2.24) is 44.4 Å². The average molecular weight is 1090 g/mol. The third-order valence-corrected chi connectivity index (χ3v) is 17.3. The van der Waals surface area contributed by atoms with Gasteiger partial charge in [0, 0.05) is 87.7 Å². The molecule has 79 heavy (non-hydrogen) atoms. The Morgan fingerprint density at radius 3 is 1.59 bits per heavy atom. The number of piperazine rings is 1. The molecule has 2 unspecified atom stereocenters. The van der Waals surface area contributed by atoms with Crippen molar-refractivity contribution in [2.75, 3.05) is 82.9 Å². The van der Waals surface area contributed by atoms with E-state index in [-0.39, 0.29) is 26.7 Å². The van der Waals surface area contributed by atoms with Gasteiger partial charge in [-0.2, -0.15) is 30.5 Å². The van der Waals surface area contributed by atoms with Gasteiger partial charge in [0.15, 0.2) is 0 Å². The van der Waals surface area contributed by atoms with E-state index in [1.54, 1.807) is 4.90 Å². The lowest BCUT2D eigenvalue weighted by atomic mass is 9.99. The number of nitriles is 2. The molecule has 0 spiro atoms. The monoisotopic (exact) mass is 1090 g/mol. The summed E-state index contributed by atoms with van der Waals surface area (Å²) in [6, 6.07) is 24.4. The Hall–Kier alpha value is -6.47. The lowest BCUT2D eigenvalue weighted by Crippen LogP contribution is -2.54. The molecule has 420 valence electrons. The summed E-state index contributed by atoms with van der Waals surface area (Å²) in [5, 5.41) is 18.9. The molecule has 2 aliphatic carbocycles. The van der Waals surface area contributed by atoms with Gasteiger partial charge in [-0.05, 0) is 137 Å². The number of nitrogens with zero attached hydrogens (tertiary/aromatic N) is 13. The number of hydrogen-bond donors (Lipinski definition) is 0. The maximum absolute atomic E-state index is 12.3. The highest BCUT2D eigenvalue weighted by Crippen LogP contribution is 2.44.